The van der Waals surface area contributed by atoms with E-state index in [4.69, 9.17) is 5.73 Å². The highest BCUT2D eigenvalue weighted by atomic mass is 127. The van der Waals surface area contributed by atoms with Crippen LogP contribution in [-0.4, -0.2) is 68.5 Å². The maximum Gasteiger partial charge on any atom is 0.255 e. The van der Waals surface area contributed by atoms with Gasteiger partial charge in [-0.25, -0.2) is 0 Å². The molecular formula is C21H21IN2O7. The van der Waals surface area contributed by atoms with Gasteiger partial charge in [-0.3, -0.25) is 19.3 Å². The van der Waals surface area contributed by atoms with E-state index in [-0.39, 0.29) is 23.3 Å². The number of ketones is 2. The summed E-state index contributed by atoms with van der Waals surface area (Å²) >= 11 is 2.07. The molecule has 0 saturated heterocycles. The van der Waals surface area contributed by atoms with E-state index in [9.17, 15) is 34.8 Å². The standard InChI is InChI=1S/C21H21IN2O7/c1-24(2)15-9-6-7-5-8-10(22)3-4-11(25)13(8)16(26)12(7)18(28)21(9,31)19(29)14(17(15)27)20(23)30/h3-4,7,9,15,25-26,29,31H,5-6H2,1-2H3,(H2,23,30)/t7?,9?,15-,21?/m0/s1. The lowest BCUT2D eigenvalue weighted by atomic mass is 9.57. The third-order valence-corrected chi connectivity index (χ3v) is 7.56. The van der Waals surface area contributed by atoms with Gasteiger partial charge in [0.25, 0.3) is 5.91 Å². The van der Waals surface area contributed by atoms with Crippen LogP contribution in [0.3, 0.4) is 0 Å². The minimum Gasteiger partial charge on any atom is -0.508 e. The molecule has 0 heterocycles. The largest absolute Gasteiger partial charge is 0.508 e. The lowest BCUT2D eigenvalue weighted by Crippen LogP contribution is -2.65. The van der Waals surface area contributed by atoms with E-state index in [1.165, 1.54) is 11.0 Å². The molecule has 6 N–H and O–H groups in total. The van der Waals surface area contributed by atoms with E-state index in [1.54, 1.807) is 20.2 Å². The zero-order valence-corrected chi connectivity index (χ0v) is 18.9. The zero-order chi connectivity index (χ0) is 23.0. The number of likely N-dealkylation sites (N-methyl/N-ethyl adjacent to an activating group) is 1. The summed E-state index contributed by atoms with van der Waals surface area (Å²) in [6.07, 6.45) is 0.374. The van der Waals surface area contributed by atoms with Gasteiger partial charge in [-0.15, -0.1) is 0 Å². The Hall–Kier alpha value is -2.44. The minimum absolute atomic E-state index is 0.0809. The Morgan fingerprint density at radius 3 is 2.45 bits per heavy atom. The number of carbonyl (C=O) groups is 3. The van der Waals surface area contributed by atoms with Crippen molar-refractivity contribution in [3.63, 3.8) is 0 Å². The molecule has 3 unspecified atom stereocenters. The summed E-state index contributed by atoms with van der Waals surface area (Å²) in [5, 5.41) is 43.4. The van der Waals surface area contributed by atoms with Gasteiger partial charge >= 0.3 is 0 Å². The van der Waals surface area contributed by atoms with Crippen molar-refractivity contribution in [2.45, 2.75) is 24.5 Å². The van der Waals surface area contributed by atoms with Gasteiger partial charge in [0, 0.05) is 15.1 Å². The van der Waals surface area contributed by atoms with Crippen LogP contribution in [0.25, 0.3) is 5.76 Å². The van der Waals surface area contributed by atoms with Crippen LogP contribution in [0.5, 0.6) is 5.75 Å². The Kier molecular flexibility index (Phi) is 4.94. The van der Waals surface area contributed by atoms with Crippen molar-refractivity contribution in [3.05, 3.63) is 43.7 Å². The van der Waals surface area contributed by atoms with Crippen LogP contribution in [0.2, 0.25) is 0 Å². The van der Waals surface area contributed by atoms with Crippen molar-refractivity contribution in [3.8, 4) is 5.75 Å². The number of aromatic hydroxyl groups is 1. The number of fused-ring (bicyclic) bond motifs is 3. The van der Waals surface area contributed by atoms with Crippen molar-refractivity contribution in [2.75, 3.05) is 14.1 Å². The van der Waals surface area contributed by atoms with E-state index >= 15 is 0 Å². The number of rotatable bonds is 2. The summed E-state index contributed by atoms with van der Waals surface area (Å²) in [6, 6.07) is 2.00. The first-order chi connectivity index (χ1) is 14.4. The van der Waals surface area contributed by atoms with Crippen molar-refractivity contribution in [1.82, 2.24) is 4.90 Å². The first kappa shape index (κ1) is 21.8. The molecule has 1 saturated carbocycles. The van der Waals surface area contributed by atoms with Gasteiger partial charge in [0.1, 0.15) is 22.8 Å². The highest BCUT2D eigenvalue weighted by molar-refractivity contribution is 14.1. The molecule has 0 radical (unpaired) electrons. The third kappa shape index (κ3) is 2.77. The number of phenolic OH excluding ortho intramolecular Hbond substituents is 1. The first-order valence-corrected chi connectivity index (χ1v) is 10.7. The lowest BCUT2D eigenvalue weighted by molar-refractivity contribution is -0.153. The molecule has 10 heteroatoms. The summed E-state index contributed by atoms with van der Waals surface area (Å²) in [4.78, 5) is 39.9. The van der Waals surface area contributed by atoms with Crippen LogP contribution < -0.4 is 5.73 Å². The molecule has 3 aliphatic carbocycles. The highest BCUT2D eigenvalue weighted by Gasteiger charge is 2.64. The Morgan fingerprint density at radius 1 is 1.23 bits per heavy atom. The number of phenols is 1. The SMILES string of the molecule is CN(C)[C@@H]1C(=O)C(C(N)=O)=C(O)C2(O)C(=O)C3=C(O)c4c(O)ccc(I)c4CC3CC12. The van der Waals surface area contributed by atoms with Crippen molar-refractivity contribution in [2.24, 2.45) is 17.6 Å². The quantitative estimate of drug-likeness (QED) is 0.269. The number of amides is 1. The molecule has 1 aromatic rings. The fraction of sp³-hybridized carbons (Fsp3) is 0.381. The lowest BCUT2D eigenvalue weighted by Gasteiger charge is -2.50. The first-order valence-electron chi connectivity index (χ1n) is 9.58. The molecule has 3 aliphatic rings. The smallest absolute Gasteiger partial charge is 0.255 e. The number of primary amides is 1. The average molecular weight is 540 g/mol. The molecule has 1 amide bonds. The number of carbonyl (C=O) groups excluding carboxylic acids is 3. The predicted molar refractivity (Wildman–Crippen MR) is 117 cm³/mol. The number of nitrogens with two attached hydrogens (primary N) is 1. The number of hydrogen-bond donors (Lipinski definition) is 5. The topological polar surface area (TPSA) is 161 Å². The maximum atomic E-state index is 13.6. The van der Waals surface area contributed by atoms with Gasteiger partial charge < -0.3 is 26.2 Å². The van der Waals surface area contributed by atoms with Gasteiger partial charge in [0.2, 0.25) is 5.78 Å². The van der Waals surface area contributed by atoms with Crippen LogP contribution in [-0.2, 0) is 20.8 Å². The summed E-state index contributed by atoms with van der Waals surface area (Å²) in [6.45, 7) is 0. The van der Waals surface area contributed by atoms with Gasteiger partial charge in [0.05, 0.1) is 11.6 Å². The van der Waals surface area contributed by atoms with Crippen molar-refractivity contribution in [1.29, 1.82) is 0 Å². The second-order valence-corrected chi connectivity index (χ2v) is 9.54. The maximum absolute atomic E-state index is 13.6. The molecule has 0 aliphatic heterocycles. The monoisotopic (exact) mass is 540 g/mol. The third-order valence-electron chi connectivity index (χ3n) is 6.55. The zero-order valence-electron chi connectivity index (χ0n) is 16.7. The van der Waals surface area contributed by atoms with Crippen LogP contribution in [0.1, 0.15) is 17.5 Å². The molecule has 0 aromatic heterocycles. The van der Waals surface area contributed by atoms with Crippen LogP contribution >= 0.6 is 22.6 Å². The minimum atomic E-state index is -2.61. The summed E-state index contributed by atoms with van der Waals surface area (Å²) in [7, 11) is 3.13. The molecular weight excluding hydrogens is 519 g/mol. The molecule has 4 rings (SSSR count). The number of aliphatic hydroxyl groups is 3. The fourth-order valence-electron chi connectivity index (χ4n) is 5.21. The Morgan fingerprint density at radius 2 is 1.87 bits per heavy atom. The second-order valence-electron chi connectivity index (χ2n) is 8.38. The molecule has 1 aromatic carbocycles. The van der Waals surface area contributed by atoms with Crippen LogP contribution in [0, 0.1) is 15.4 Å². The second kappa shape index (κ2) is 7.04. The van der Waals surface area contributed by atoms with Gasteiger partial charge in [0.15, 0.2) is 11.4 Å². The van der Waals surface area contributed by atoms with Crippen molar-refractivity contribution < 1.29 is 34.8 Å². The average Bonchev–Trinajstić information content (AvgIpc) is 2.67. The predicted octanol–water partition coefficient (Wildman–Crippen LogP) is 0.569. The Labute approximate surface area is 191 Å². The van der Waals surface area contributed by atoms with Crippen molar-refractivity contribution >= 4 is 45.8 Å². The van der Waals surface area contributed by atoms with Gasteiger partial charge in [-0.05, 0) is 73.1 Å². The van der Waals surface area contributed by atoms with E-state index < -0.39 is 58.0 Å². The highest BCUT2D eigenvalue weighted by Crippen LogP contribution is 2.52. The number of aliphatic hydroxyl groups excluding tert-OH is 2. The van der Waals surface area contributed by atoms with Crippen LogP contribution in [0.15, 0.2) is 29.0 Å². The molecule has 9 nitrogen and oxygen atoms in total. The number of nitrogens with zero attached hydrogens (tertiary/aromatic N) is 1. The molecule has 0 bridgehead atoms. The van der Waals surface area contributed by atoms with Gasteiger partial charge in [-0.1, -0.05) is 0 Å². The van der Waals surface area contributed by atoms with Gasteiger partial charge in [-0.2, -0.15) is 0 Å². The Balaban J connectivity index is 1.99. The summed E-state index contributed by atoms with van der Waals surface area (Å²) < 4.78 is 0.784. The number of benzene rings is 1. The van der Waals surface area contributed by atoms with E-state index in [1.807, 2.05) is 0 Å². The number of hydrogen-bond acceptors (Lipinski definition) is 8. The van der Waals surface area contributed by atoms with E-state index in [0.717, 1.165) is 3.57 Å². The molecule has 164 valence electrons. The molecule has 1 fully saturated rings. The molecule has 4 atom stereocenters. The van der Waals surface area contributed by atoms with E-state index in [2.05, 4.69) is 22.6 Å². The fourth-order valence-corrected chi connectivity index (χ4v) is 5.88. The molecule has 0 spiro atoms. The summed E-state index contributed by atoms with van der Waals surface area (Å²) in [5.41, 5.74) is 2.46. The Bertz CT molecular complexity index is 1120. The number of halogens is 1. The molecule has 31 heavy (non-hydrogen) atoms. The summed E-state index contributed by atoms with van der Waals surface area (Å²) in [5.74, 6) is -6.44. The van der Waals surface area contributed by atoms with Crippen LogP contribution in [0.4, 0.5) is 0 Å². The number of Topliss-reactive ketones (excluding diaryl/α,β-unsaturated/α-hetero) is 2. The van der Waals surface area contributed by atoms with E-state index in [0.29, 0.717) is 12.0 Å². The normalized spacial score (nSPS) is 30.3.